The zero-order chi connectivity index (χ0) is 12.4. The minimum Gasteiger partial charge on any atom is -0.390 e. The van der Waals surface area contributed by atoms with Crippen LogP contribution in [0.4, 0.5) is 0 Å². The molecule has 0 spiro atoms. The van der Waals surface area contributed by atoms with Gasteiger partial charge >= 0.3 is 0 Å². The van der Waals surface area contributed by atoms with E-state index in [1.54, 1.807) is 0 Å². The van der Waals surface area contributed by atoms with Crippen molar-refractivity contribution in [1.82, 2.24) is 0 Å². The summed E-state index contributed by atoms with van der Waals surface area (Å²) in [6.45, 7) is 11.5. The molecule has 1 heteroatoms. The monoisotopic (exact) mass is 226 g/mol. The van der Waals surface area contributed by atoms with Crippen LogP contribution in [0.3, 0.4) is 0 Å². The van der Waals surface area contributed by atoms with Crippen molar-refractivity contribution in [3.8, 4) is 0 Å². The highest BCUT2D eigenvalue weighted by Gasteiger charge is 2.38. The first-order valence-electron chi connectivity index (χ1n) is 7.01. The molecule has 0 aromatic rings. The normalized spacial score (nSPS) is 32.1. The third-order valence-electron chi connectivity index (χ3n) is 4.72. The summed E-state index contributed by atoms with van der Waals surface area (Å²) in [5.74, 6) is 1.42. The summed E-state index contributed by atoms with van der Waals surface area (Å²) in [6, 6.07) is 0. The fourth-order valence-electron chi connectivity index (χ4n) is 3.19. The molecule has 0 aromatic carbocycles. The van der Waals surface area contributed by atoms with E-state index in [9.17, 15) is 5.11 Å². The van der Waals surface area contributed by atoms with E-state index in [0.717, 1.165) is 25.2 Å². The van der Waals surface area contributed by atoms with Gasteiger partial charge in [0.1, 0.15) is 0 Å². The minimum absolute atomic E-state index is 0.353. The van der Waals surface area contributed by atoms with Crippen molar-refractivity contribution in [2.24, 2.45) is 17.3 Å². The van der Waals surface area contributed by atoms with E-state index in [-0.39, 0.29) is 5.60 Å². The number of hydrogen-bond donors (Lipinski definition) is 1. The van der Waals surface area contributed by atoms with Crippen LogP contribution >= 0.6 is 0 Å². The zero-order valence-corrected chi connectivity index (χ0v) is 11.8. The molecule has 0 aliphatic heterocycles. The predicted octanol–water partition coefficient (Wildman–Crippen LogP) is 4.39. The highest BCUT2D eigenvalue weighted by molar-refractivity contribution is 4.90. The van der Waals surface area contributed by atoms with E-state index in [1.165, 1.54) is 19.3 Å². The van der Waals surface area contributed by atoms with Crippen molar-refractivity contribution < 1.29 is 5.11 Å². The Morgan fingerprint density at radius 1 is 1.25 bits per heavy atom. The summed E-state index contributed by atoms with van der Waals surface area (Å²) in [5.41, 5.74) is 0.105. The Kier molecular flexibility index (Phi) is 4.45. The molecule has 0 unspecified atom stereocenters. The fraction of sp³-hybridized carbons (Fsp3) is 1.00. The second-order valence-electron chi connectivity index (χ2n) is 6.94. The number of rotatable bonds is 4. The predicted molar refractivity (Wildman–Crippen MR) is 70.4 cm³/mol. The van der Waals surface area contributed by atoms with Crippen LogP contribution in [0.5, 0.6) is 0 Å². The smallest absolute Gasteiger partial charge is 0.0650 e. The van der Waals surface area contributed by atoms with Gasteiger partial charge in [0.05, 0.1) is 5.60 Å². The van der Waals surface area contributed by atoms with Crippen molar-refractivity contribution in [1.29, 1.82) is 0 Å². The lowest BCUT2D eigenvalue weighted by molar-refractivity contribution is -0.0420. The van der Waals surface area contributed by atoms with Gasteiger partial charge in [-0.3, -0.25) is 0 Å². The van der Waals surface area contributed by atoms with E-state index in [1.807, 2.05) is 0 Å². The maximum Gasteiger partial charge on any atom is 0.0650 e. The Morgan fingerprint density at radius 2 is 1.75 bits per heavy atom. The molecule has 0 atom stereocenters. The van der Waals surface area contributed by atoms with Crippen LogP contribution in [0.2, 0.25) is 0 Å². The van der Waals surface area contributed by atoms with Gasteiger partial charge in [0.15, 0.2) is 0 Å². The maximum absolute atomic E-state index is 10.5. The van der Waals surface area contributed by atoms with Crippen LogP contribution < -0.4 is 0 Å². The first kappa shape index (κ1) is 14.0. The Morgan fingerprint density at radius 3 is 2.12 bits per heavy atom. The van der Waals surface area contributed by atoms with Crippen molar-refractivity contribution in [3.63, 3.8) is 0 Å². The van der Waals surface area contributed by atoms with Crippen LogP contribution in [0.1, 0.15) is 73.1 Å². The topological polar surface area (TPSA) is 20.2 Å². The molecule has 1 aliphatic rings. The minimum atomic E-state index is -0.353. The SMILES string of the molecule is CCC(C)(C)C1CCC(O)(CC(C)C)CC1. The van der Waals surface area contributed by atoms with Crippen molar-refractivity contribution in [2.45, 2.75) is 78.7 Å². The molecular weight excluding hydrogens is 196 g/mol. The van der Waals surface area contributed by atoms with Crippen LogP contribution in [-0.2, 0) is 0 Å². The molecule has 0 saturated heterocycles. The first-order valence-corrected chi connectivity index (χ1v) is 7.01. The Labute approximate surface area is 102 Å². The Balaban J connectivity index is 2.50. The standard InChI is InChI=1S/C15H30O/c1-6-14(4,5)13-7-9-15(16,10-8-13)11-12(2)3/h12-13,16H,6-11H2,1-5H3. The first-order chi connectivity index (χ1) is 7.29. The van der Waals surface area contributed by atoms with Crippen molar-refractivity contribution in [2.75, 3.05) is 0 Å². The summed E-state index contributed by atoms with van der Waals surface area (Å²) in [4.78, 5) is 0. The maximum atomic E-state index is 10.5. The average Bonchev–Trinajstić information content (AvgIpc) is 2.16. The lowest BCUT2D eigenvalue weighted by Crippen LogP contribution is -2.39. The Hall–Kier alpha value is -0.0400. The molecule has 1 fully saturated rings. The van der Waals surface area contributed by atoms with Crippen molar-refractivity contribution >= 4 is 0 Å². The lowest BCUT2D eigenvalue weighted by atomic mass is 9.65. The summed E-state index contributed by atoms with van der Waals surface area (Å²) in [6.07, 6.45) is 6.68. The van der Waals surface area contributed by atoms with E-state index >= 15 is 0 Å². The summed E-state index contributed by atoms with van der Waals surface area (Å²) in [5, 5.41) is 10.5. The van der Waals surface area contributed by atoms with E-state index in [0.29, 0.717) is 11.3 Å². The summed E-state index contributed by atoms with van der Waals surface area (Å²) < 4.78 is 0. The number of hydrogen-bond acceptors (Lipinski definition) is 1. The van der Waals surface area contributed by atoms with Gasteiger partial charge in [-0.2, -0.15) is 0 Å². The van der Waals surface area contributed by atoms with Crippen molar-refractivity contribution in [3.05, 3.63) is 0 Å². The molecule has 1 rings (SSSR count). The van der Waals surface area contributed by atoms with Crippen LogP contribution in [0.15, 0.2) is 0 Å². The largest absolute Gasteiger partial charge is 0.390 e. The highest BCUT2D eigenvalue weighted by Crippen LogP contribution is 2.44. The molecule has 16 heavy (non-hydrogen) atoms. The van der Waals surface area contributed by atoms with E-state index < -0.39 is 0 Å². The van der Waals surface area contributed by atoms with Gasteiger partial charge in [0.2, 0.25) is 0 Å². The summed E-state index contributed by atoms with van der Waals surface area (Å²) >= 11 is 0. The van der Waals surface area contributed by atoms with E-state index in [2.05, 4.69) is 34.6 Å². The van der Waals surface area contributed by atoms with Gasteiger partial charge in [0.25, 0.3) is 0 Å². The molecule has 0 heterocycles. The van der Waals surface area contributed by atoms with Gasteiger partial charge in [-0.15, -0.1) is 0 Å². The van der Waals surface area contributed by atoms with Gasteiger partial charge in [0, 0.05) is 0 Å². The molecule has 1 saturated carbocycles. The molecule has 1 nitrogen and oxygen atoms in total. The van der Waals surface area contributed by atoms with Gasteiger partial charge in [-0.05, 0) is 49.4 Å². The molecule has 1 N–H and O–H groups in total. The second kappa shape index (κ2) is 5.08. The van der Waals surface area contributed by atoms with Crippen LogP contribution in [0.25, 0.3) is 0 Å². The van der Waals surface area contributed by atoms with E-state index in [4.69, 9.17) is 0 Å². The van der Waals surface area contributed by atoms with Crippen LogP contribution in [0, 0.1) is 17.3 Å². The summed E-state index contributed by atoms with van der Waals surface area (Å²) in [7, 11) is 0. The molecule has 0 radical (unpaired) electrons. The zero-order valence-electron chi connectivity index (χ0n) is 11.8. The van der Waals surface area contributed by atoms with Crippen LogP contribution in [-0.4, -0.2) is 10.7 Å². The molecule has 0 bridgehead atoms. The highest BCUT2D eigenvalue weighted by atomic mass is 16.3. The van der Waals surface area contributed by atoms with Gasteiger partial charge < -0.3 is 5.11 Å². The third kappa shape index (κ3) is 3.48. The lowest BCUT2D eigenvalue weighted by Gasteiger charge is -2.43. The van der Waals surface area contributed by atoms with Gasteiger partial charge in [-0.25, -0.2) is 0 Å². The second-order valence-corrected chi connectivity index (χ2v) is 6.94. The Bertz CT molecular complexity index is 209. The van der Waals surface area contributed by atoms with Gasteiger partial charge in [-0.1, -0.05) is 41.0 Å². The molecular formula is C15H30O. The number of aliphatic hydroxyl groups is 1. The fourth-order valence-corrected chi connectivity index (χ4v) is 3.19. The quantitative estimate of drug-likeness (QED) is 0.753. The molecule has 96 valence electrons. The third-order valence-corrected chi connectivity index (χ3v) is 4.72. The molecule has 0 aromatic heterocycles. The molecule has 1 aliphatic carbocycles. The molecule has 0 amide bonds. The average molecular weight is 226 g/mol.